The fourth-order valence-corrected chi connectivity index (χ4v) is 3.83. The molecule has 5 heteroatoms. The molecule has 130 valence electrons. The van der Waals surface area contributed by atoms with Crippen LogP contribution in [-0.2, 0) is 6.42 Å². The van der Waals surface area contributed by atoms with Crippen LogP contribution in [0, 0.1) is 5.82 Å². The SMILES string of the molecule is NC(=N[C@H]1CCNC1)N1CCc2ccccc2[C@@H]1c1ccc(F)cc1. The minimum atomic E-state index is -0.224. The number of nitrogens with one attached hydrogen (secondary N) is 1. The third kappa shape index (κ3) is 3.24. The van der Waals surface area contributed by atoms with E-state index in [2.05, 4.69) is 28.4 Å². The van der Waals surface area contributed by atoms with Crippen molar-refractivity contribution in [2.75, 3.05) is 19.6 Å². The second-order valence-electron chi connectivity index (χ2n) is 6.73. The molecule has 2 heterocycles. The maximum absolute atomic E-state index is 13.4. The average Bonchev–Trinajstić information content (AvgIpc) is 3.14. The number of aliphatic imine (C=N–C) groups is 1. The van der Waals surface area contributed by atoms with Gasteiger partial charge in [0.05, 0.1) is 12.1 Å². The molecule has 2 aliphatic heterocycles. The summed E-state index contributed by atoms with van der Waals surface area (Å²) in [6.45, 7) is 2.69. The molecule has 0 radical (unpaired) electrons. The van der Waals surface area contributed by atoms with E-state index in [1.54, 1.807) is 0 Å². The predicted molar refractivity (Wildman–Crippen MR) is 98.0 cm³/mol. The summed E-state index contributed by atoms with van der Waals surface area (Å²) in [7, 11) is 0. The molecule has 2 aliphatic rings. The Balaban J connectivity index is 1.73. The van der Waals surface area contributed by atoms with Crippen molar-refractivity contribution in [1.29, 1.82) is 0 Å². The van der Waals surface area contributed by atoms with Gasteiger partial charge in [0.25, 0.3) is 0 Å². The van der Waals surface area contributed by atoms with Gasteiger partial charge in [0.1, 0.15) is 5.82 Å². The van der Waals surface area contributed by atoms with Gasteiger partial charge in [-0.1, -0.05) is 36.4 Å². The van der Waals surface area contributed by atoms with Crippen LogP contribution < -0.4 is 11.1 Å². The summed E-state index contributed by atoms with van der Waals surface area (Å²) in [4.78, 5) is 6.91. The highest BCUT2D eigenvalue weighted by atomic mass is 19.1. The second-order valence-corrected chi connectivity index (χ2v) is 6.73. The van der Waals surface area contributed by atoms with Gasteiger partial charge in [0.15, 0.2) is 5.96 Å². The lowest BCUT2D eigenvalue weighted by Gasteiger charge is -2.38. The van der Waals surface area contributed by atoms with Gasteiger partial charge in [-0.15, -0.1) is 0 Å². The number of benzene rings is 2. The highest BCUT2D eigenvalue weighted by molar-refractivity contribution is 5.80. The number of rotatable bonds is 2. The molecule has 4 rings (SSSR count). The van der Waals surface area contributed by atoms with Crippen LogP contribution in [0.5, 0.6) is 0 Å². The predicted octanol–water partition coefficient (Wildman–Crippen LogP) is 2.45. The number of fused-ring (bicyclic) bond motifs is 1. The molecule has 0 aliphatic carbocycles. The van der Waals surface area contributed by atoms with Crippen LogP contribution in [0.3, 0.4) is 0 Å². The van der Waals surface area contributed by atoms with Crippen LogP contribution in [0.25, 0.3) is 0 Å². The molecule has 0 aromatic heterocycles. The van der Waals surface area contributed by atoms with Crippen LogP contribution >= 0.6 is 0 Å². The van der Waals surface area contributed by atoms with Crippen molar-refractivity contribution in [2.45, 2.75) is 24.9 Å². The zero-order valence-corrected chi connectivity index (χ0v) is 14.2. The van der Waals surface area contributed by atoms with Gasteiger partial charge >= 0.3 is 0 Å². The van der Waals surface area contributed by atoms with Crippen LogP contribution in [0.1, 0.15) is 29.2 Å². The van der Waals surface area contributed by atoms with E-state index < -0.39 is 0 Å². The minimum Gasteiger partial charge on any atom is -0.370 e. The van der Waals surface area contributed by atoms with Crippen molar-refractivity contribution < 1.29 is 4.39 Å². The summed E-state index contributed by atoms with van der Waals surface area (Å²) in [5.74, 6) is 0.357. The van der Waals surface area contributed by atoms with Gasteiger partial charge in [-0.3, -0.25) is 0 Å². The average molecular weight is 338 g/mol. The number of hydrogen-bond donors (Lipinski definition) is 2. The second kappa shape index (κ2) is 6.84. The first kappa shape index (κ1) is 16.1. The lowest BCUT2D eigenvalue weighted by molar-refractivity contribution is 0.332. The normalized spacial score (nSPS) is 23.6. The smallest absolute Gasteiger partial charge is 0.192 e. The van der Waals surface area contributed by atoms with Crippen molar-refractivity contribution in [3.05, 3.63) is 71.0 Å². The largest absolute Gasteiger partial charge is 0.370 e. The number of halogens is 1. The first-order chi connectivity index (χ1) is 12.2. The fraction of sp³-hybridized carbons (Fsp3) is 0.350. The Kier molecular flexibility index (Phi) is 4.40. The highest BCUT2D eigenvalue weighted by Crippen LogP contribution is 2.35. The van der Waals surface area contributed by atoms with E-state index in [-0.39, 0.29) is 17.9 Å². The first-order valence-electron chi connectivity index (χ1n) is 8.86. The highest BCUT2D eigenvalue weighted by Gasteiger charge is 2.30. The van der Waals surface area contributed by atoms with E-state index >= 15 is 0 Å². The van der Waals surface area contributed by atoms with Gasteiger partial charge < -0.3 is 16.0 Å². The number of hydrogen-bond acceptors (Lipinski definition) is 2. The molecular formula is C20H23FN4. The fourth-order valence-electron chi connectivity index (χ4n) is 3.83. The van der Waals surface area contributed by atoms with E-state index in [4.69, 9.17) is 10.7 Å². The van der Waals surface area contributed by atoms with Crippen molar-refractivity contribution in [3.8, 4) is 0 Å². The molecule has 0 unspecified atom stereocenters. The Morgan fingerprint density at radius 2 is 1.96 bits per heavy atom. The molecule has 0 saturated carbocycles. The molecule has 0 spiro atoms. The van der Waals surface area contributed by atoms with E-state index in [0.717, 1.165) is 38.0 Å². The van der Waals surface area contributed by atoms with Gasteiger partial charge in [0.2, 0.25) is 0 Å². The molecule has 4 nitrogen and oxygen atoms in total. The number of guanidine groups is 1. The van der Waals surface area contributed by atoms with E-state index in [1.807, 2.05) is 18.2 Å². The van der Waals surface area contributed by atoms with Crippen molar-refractivity contribution in [1.82, 2.24) is 10.2 Å². The Morgan fingerprint density at radius 1 is 1.16 bits per heavy atom. The quantitative estimate of drug-likeness (QED) is 0.653. The molecule has 2 atom stereocenters. The maximum atomic E-state index is 13.4. The van der Waals surface area contributed by atoms with Gasteiger partial charge in [0, 0.05) is 13.1 Å². The summed E-state index contributed by atoms with van der Waals surface area (Å²) in [5.41, 5.74) is 10.0. The van der Waals surface area contributed by atoms with Gasteiger partial charge in [-0.2, -0.15) is 0 Å². The van der Waals surface area contributed by atoms with E-state index in [0.29, 0.717) is 5.96 Å². The molecular weight excluding hydrogens is 315 g/mol. The molecule has 1 saturated heterocycles. The zero-order valence-electron chi connectivity index (χ0n) is 14.2. The minimum absolute atomic E-state index is 0.0244. The molecule has 3 N–H and O–H groups in total. The van der Waals surface area contributed by atoms with Crippen LogP contribution in [0.15, 0.2) is 53.5 Å². The van der Waals surface area contributed by atoms with Crippen LogP contribution in [-0.4, -0.2) is 36.5 Å². The van der Waals surface area contributed by atoms with Crippen LogP contribution in [0.4, 0.5) is 4.39 Å². The Labute approximate surface area is 147 Å². The van der Waals surface area contributed by atoms with Gasteiger partial charge in [-0.05, 0) is 48.2 Å². The van der Waals surface area contributed by atoms with Crippen molar-refractivity contribution in [2.24, 2.45) is 10.7 Å². The Morgan fingerprint density at radius 3 is 2.72 bits per heavy atom. The lowest BCUT2D eigenvalue weighted by Crippen LogP contribution is -2.45. The summed E-state index contributed by atoms with van der Waals surface area (Å²) in [6, 6.07) is 15.4. The van der Waals surface area contributed by atoms with E-state index in [1.165, 1.54) is 23.3 Å². The number of nitrogens with zero attached hydrogens (tertiary/aromatic N) is 2. The summed E-state index contributed by atoms with van der Waals surface area (Å²) < 4.78 is 13.4. The molecule has 25 heavy (non-hydrogen) atoms. The molecule has 2 aromatic carbocycles. The summed E-state index contributed by atoms with van der Waals surface area (Å²) in [5, 5.41) is 3.32. The Bertz CT molecular complexity index is 766. The topological polar surface area (TPSA) is 53.6 Å². The molecule has 0 bridgehead atoms. The first-order valence-corrected chi connectivity index (χ1v) is 8.86. The molecule has 0 amide bonds. The monoisotopic (exact) mass is 338 g/mol. The standard InChI is InChI=1S/C20H23FN4/c21-16-7-5-15(6-8-16)19-18-4-2-1-3-14(18)10-12-25(19)20(22)24-17-9-11-23-13-17/h1-8,17,19,23H,9-13H2,(H2,22,24)/t17-,19-/m0/s1. The van der Waals surface area contributed by atoms with Crippen molar-refractivity contribution >= 4 is 5.96 Å². The lowest BCUT2D eigenvalue weighted by atomic mass is 9.88. The summed E-state index contributed by atoms with van der Waals surface area (Å²) >= 11 is 0. The third-order valence-corrected chi connectivity index (χ3v) is 5.11. The van der Waals surface area contributed by atoms with E-state index in [9.17, 15) is 4.39 Å². The summed E-state index contributed by atoms with van der Waals surface area (Å²) in [6.07, 6.45) is 1.96. The van der Waals surface area contributed by atoms with Crippen molar-refractivity contribution in [3.63, 3.8) is 0 Å². The molecule has 1 fully saturated rings. The zero-order chi connectivity index (χ0) is 17.2. The number of nitrogens with two attached hydrogens (primary N) is 1. The Hall–Kier alpha value is -2.40. The van der Waals surface area contributed by atoms with Crippen LogP contribution in [0.2, 0.25) is 0 Å². The maximum Gasteiger partial charge on any atom is 0.192 e. The van der Waals surface area contributed by atoms with Gasteiger partial charge in [-0.25, -0.2) is 9.38 Å². The third-order valence-electron chi connectivity index (χ3n) is 5.11. The molecule has 2 aromatic rings.